The van der Waals surface area contributed by atoms with Crippen molar-refractivity contribution in [1.82, 2.24) is 15.3 Å². The average molecular weight is 209 g/mol. The summed E-state index contributed by atoms with van der Waals surface area (Å²) in [6, 6.07) is 0.386. The van der Waals surface area contributed by atoms with Gasteiger partial charge in [-0.25, -0.2) is 4.98 Å². The first-order chi connectivity index (χ1) is 7.19. The lowest BCUT2D eigenvalue weighted by atomic mass is 10.0. The van der Waals surface area contributed by atoms with Crippen molar-refractivity contribution in [3.63, 3.8) is 0 Å². The zero-order valence-electron chi connectivity index (χ0n) is 9.82. The highest BCUT2D eigenvalue weighted by molar-refractivity contribution is 5.12. The predicted octanol–water partition coefficient (Wildman–Crippen LogP) is 1.59. The Morgan fingerprint density at radius 1 is 1.40 bits per heavy atom. The van der Waals surface area contributed by atoms with Crippen molar-refractivity contribution < 1.29 is 4.74 Å². The standard InChI is InChI=1S/C11H19N3O/c1-5-13-9(3)8(2)10-6-12-7-11(14-10)15-4/h6-9,13H,5H2,1-4H3. The van der Waals surface area contributed by atoms with E-state index in [1.54, 1.807) is 19.5 Å². The van der Waals surface area contributed by atoms with Gasteiger partial charge in [0.1, 0.15) is 0 Å². The van der Waals surface area contributed by atoms with Gasteiger partial charge < -0.3 is 10.1 Å². The third kappa shape index (κ3) is 3.16. The molecule has 1 aromatic rings. The summed E-state index contributed by atoms with van der Waals surface area (Å²) >= 11 is 0. The minimum absolute atomic E-state index is 0.326. The van der Waals surface area contributed by atoms with Gasteiger partial charge in [0.15, 0.2) is 0 Å². The maximum Gasteiger partial charge on any atom is 0.232 e. The maximum absolute atomic E-state index is 5.05. The van der Waals surface area contributed by atoms with Crippen LogP contribution in [0.5, 0.6) is 5.88 Å². The molecule has 2 atom stereocenters. The van der Waals surface area contributed by atoms with E-state index in [2.05, 4.69) is 36.1 Å². The molecule has 84 valence electrons. The number of likely N-dealkylation sites (N-methyl/N-ethyl adjacent to an activating group) is 1. The molecule has 0 aliphatic heterocycles. The Bertz CT molecular complexity index is 304. The number of nitrogens with zero attached hydrogens (tertiary/aromatic N) is 2. The lowest BCUT2D eigenvalue weighted by Crippen LogP contribution is -2.31. The Balaban J connectivity index is 2.76. The van der Waals surface area contributed by atoms with Crippen LogP contribution in [0.1, 0.15) is 32.4 Å². The number of methoxy groups -OCH3 is 1. The van der Waals surface area contributed by atoms with E-state index in [9.17, 15) is 0 Å². The van der Waals surface area contributed by atoms with E-state index in [0.29, 0.717) is 17.8 Å². The van der Waals surface area contributed by atoms with Crippen LogP contribution >= 0.6 is 0 Å². The Kier molecular flexibility index (Phi) is 4.49. The number of hydrogen-bond donors (Lipinski definition) is 1. The van der Waals surface area contributed by atoms with Gasteiger partial charge in [-0.1, -0.05) is 13.8 Å². The van der Waals surface area contributed by atoms with Gasteiger partial charge in [-0.2, -0.15) is 0 Å². The Labute approximate surface area is 91.1 Å². The van der Waals surface area contributed by atoms with E-state index >= 15 is 0 Å². The van der Waals surface area contributed by atoms with E-state index in [4.69, 9.17) is 4.74 Å². The molecule has 0 bridgehead atoms. The molecular formula is C11H19N3O. The first kappa shape index (κ1) is 11.9. The van der Waals surface area contributed by atoms with Gasteiger partial charge in [-0.15, -0.1) is 0 Å². The highest BCUT2D eigenvalue weighted by atomic mass is 16.5. The number of nitrogens with one attached hydrogen (secondary N) is 1. The van der Waals surface area contributed by atoms with Gasteiger partial charge >= 0.3 is 0 Å². The molecule has 1 aromatic heterocycles. The number of ether oxygens (including phenoxy) is 1. The smallest absolute Gasteiger partial charge is 0.232 e. The summed E-state index contributed by atoms with van der Waals surface area (Å²) in [4.78, 5) is 8.47. The minimum Gasteiger partial charge on any atom is -0.480 e. The van der Waals surface area contributed by atoms with E-state index in [1.165, 1.54) is 0 Å². The van der Waals surface area contributed by atoms with Crippen molar-refractivity contribution in [2.75, 3.05) is 13.7 Å². The summed E-state index contributed by atoms with van der Waals surface area (Å²) in [5.74, 6) is 0.899. The molecule has 2 unspecified atom stereocenters. The van der Waals surface area contributed by atoms with E-state index < -0.39 is 0 Å². The molecule has 0 aromatic carbocycles. The molecule has 1 N–H and O–H groups in total. The molecule has 4 nitrogen and oxygen atoms in total. The van der Waals surface area contributed by atoms with Crippen LogP contribution in [0.25, 0.3) is 0 Å². The second-order valence-corrected chi connectivity index (χ2v) is 3.62. The fraction of sp³-hybridized carbons (Fsp3) is 0.636. The normalized spacial score (nSPS) is 14.7. The van der Waals surface area contributed by atoms with Crippen LogP contribution in [-0.4, -0.2) is 29.7 Å². The molecule has 0 spiro atoms. The van der Waals surface area contributed by atoms with E-state index in [-0.39, 0.29) is 0 Å². The van der Waals surface area contributed by atoms with Gasteiger partial charge in [0.2, 0.25) is 5.88 Å². The highest BCUT2D eigenvalue weighted by Crippen LogP contribution is 2.17. The van der Waals surface area contributed by atoms with Gasteiger partial charge in [0.25, 0.3) is 0 Å². The van der Waals surface area contributed by atoms with Crippen molar-refractivity contribution in [2.24, 2.45) is 0 Å². The zero-order chi connectivity index (χ0) is 11.3. The molecule has 1 rings (SSSR count). The summed E-state index contributed by atoms with van der Waals surface area (Å²) in [5.41, 5.74) is 0.961. The third-order valence-corrected chi connectivity index (χ3v) is 2.58. The van der Waals surface area contributed by atoms with E-state index in [1.807, 2.05) is 0 Å². The summed E-state index contributed by atoms with van der Waals surface area (Å²) in [6.45, 7) is 7.34. The molecule has 0 aliphatic rings. The van der Waals surface area contributed by atoms with Crippen LogP contribution in [0.15, 0.2) is 12.4 Å². The molecule has 0 saturated carbocycles. The molecule has 0 saturated heterocycles. The Morgan fingerprint density at radius 2 is 2.13 bits per heavy atom. The summed E-state index contributed by atoms with van der Waals surface area (Å²) in [5, 5.41) is 3.37. The largest absolute Gasteiger partial charge is 0.480 e. The van der Waals surface area contributed by atoms with Crippen molar-refractivity contribution in [3.05, 3.63) is 18.1 Å². The number of aromatic nitrogens is 2. The summed E-state index contributed by atoms with van der Waals surface area (Å²) in [6.07, 6.45) is 3.41. The third-order valence-electron chi connectivity index (χ3n) is 2.58. The van der Waals surface area contributed by atoms with Crippen molar-refractivity contribution >= 4 is 0 Å². The molecule has 4 heteroatoms. The second-order valence-electron chi connectivity index (χ2n) is 3.62. The molecule has 1 heterocycles. The first-order valence-electron chi connectivity index (χ1n) is 5.28. The van der Waals surface area contributed by atoms with Crippen LogP contribution in [0.2, 0.25) is 0 Å². The van der Waals surface area contributed by atoms with Gasteiger partial charge in [0, 0.05) is 18.2 Å². The SMILES string of the molecule is CCNC(C)C(C)c1cncc(OC)n1. The quantitative estimate of drug-likeness (QED) is 0.800. The predicted molar refractivity (Wildman–Crippen MR) is 60.1 cm³/mol. The van der Waals surface area contributed by atoms with Crippen LogP contribution in [0.4, 0.5) is 0 Å². The Morgan fingerprint density at radius 3 is 2.73 bits per heavy atom. The number of rotatable bonds is 5. The second kappa shape index (κ2) is 5.66. The average Bonchev–Trinajstić information content (AvgIpc) is 2.28. The lowest BCUT2D eigenvalue weighted by Gasteiger charge is -2.19. The van der Waals surface area contributed by atoms with Gasteiger partial charge in [0.05, 0.1) is 19.0 Å². The van der Waals surface area contributed by atoms with Crippen molar-refractivity contribution in [1.29, 1.82) is 0 Å². The summed E-state index contributed by atoms with van der Waals surface area (Å²) in [7, 11) is 1.60. The molecule has 0 amide bonds. The number of hydrogen-bond acceptors (Lipinski definition) is 4. The highest BCUT2D eigenvalue weighted by Gasteiger charge is 2.15. The molecular weight excluding hydrogens is 190 g/mol. The summed E-state index contributed by atoms with van der Waals surface area (Å²) < 4.78 is 5.05. The van der Waals surface area contributed by atoms with Crippen LogP contribution in [0, 0.1) is 0 Å². The van der Waals surface area contributed by atoms with Gasteiger partial charge in [-0.05, 0) is 13.5 Å². The monoisotopic (exact) mass is 209 g/mol. The fourth-order valence-electron chi connectivity index (χ4n) is 1.43. The molecule has 15 heavy (non-hydrogen) atoms. The molecule has 0 fully saturated rings. The zero-order valence-corrected chi connectivity index (χ0v) is 9.82. The Hall–Kier alpha value is -1.16. The van der Waals surface area contributed by atoms with E-state index in [0.717, 1.165) is 12.2 Å². The molecule has 0 radical (unpaired) electrons. The van der Waals surface area contributed by atoms with Crippen molar-refractivity contribution in [2.45, 2.75) is 32.7 Å². The lowest BCUT2D eigenvalue weighted by molar-refractivity contribution is 0.389. The van der Waals surface area contributed by atoms with Crippen LogP contribution in [0.3, 0.4) is 0 Å². The van der Waals surface area contributed by atoms with Crippen LogP contribution < -0.4 is 10.1 Å². The van der Waals surface area contributed by atoms with Crippen molar-refractivity contribution in [3.8, 4) is 5.88 Å². The minimum atomic E-state index is 0.326. The molecule has 0 aliphatic carbocycles. The van der Waals surface area contributed by atoms with Crippen LogP contribution in [-0.2, 0) is 0 Å². The first-order valence-corrected chi connectivity index (χ1v) is 5.28. The fourth-order valence-corrected chi connectivity index (χ4v) is 1.43. The maximum atomic E-state index is 5.05. The van der Waals surface area contributed by atoms with Gasteiger partial charge in [-0.3, -0.25) is 4.98 Å². The topological polar surface area (TPSA) is 47.0 Å².